The van der Waals surface area contributed by atoms with Gasteiger partial charge in [0.05, 0.1) is 0 Å². The van der Waals surface area contributed by atoms with Crippen LogP contribution in [-0.2, 0) is 0 Å². The number of rotatable bonds is 2. The van der Waals surface area contributed by atoms with Crippen molar-refractivity contribution in [1.29, 1.82) is 0 Å². The van der Waals surface area contributed by atoms with Crippen LogP contribution >= 0.6 is 12.4 Å². The first-order chi connectivity index (χ1) is 13.5. The molecule has 0 unspecified atom stereocenters. The molecule has 1 aromatic carbocycles. The van der Waals surface area contributed by atoms with Gasteiger partial charge in [-0.15, -0.1) is 12.4 Å². The van der Waals surface area contributed by atoms with Crippen molar-refractivity contribution in [2.45, 2.75) is 13.0 Å². The summed E-state index contributed by atoms with van der Waals surface area (Å²) in [7, 11) is 2.15. The maximum atomic E-state index is 14.8. The lowest BCUT2D eigenvalue weighted by Crippen LogP contribution is -2.34. The topological polar surface area (TPSA) is 40.9 Å². The molecule has 7 heteroatoms. The lowest BCUT2D eigenvalue weighted by Gasteiger charge is -2.26. The Hall–Kier alpha value is -2.44. The lowest BCUT2D eigenvalue weighted by atomic mass is 9.90. The van der Waals surface area contributed by atoms with Gasteiger partial charge in [0.25, 0.3) is 5.91 Å². The molecule has 4 heterocycles. The number of carbonyl (C=O) groups excluding carboxylic acids is 1. The number of benzene rings is 1. The van der Waals surface area contributed by atoms with E-state index in [0.717, 1.165) is 12.1 Å². The van der Waals surface area contributed by atoms with E-state index in [1.165, 1.54) is 9.96 Å². The summed E-state index contributed by atoms with van der Waals surface area (Å²) in [6.45, 7) is 4.17. The number of imidazole rings is 1. The zero-order chi connectivity index (χ0) is 19.4. The molecule has 3 atom stereocenters. The van der Waals surface area contributed by atoms with Gasteiger partial charge >= 0.3 is 0 Å². The van der Waals surface area contributed by atoms with E-state index in [-0.39, 0.29) is 30.0 Å². The van der Waals surface area contributed by atoms with E-state index in [4.69, 9.17) is 0 Å². The van der Waals surface area contributed by atoms with Crippen molar-refractivity contribution in [2.24, 2.45) is 11.8 Å². The first kappa shape index (κ1) is 19.9. The number of fused-ring (bicyclic) bond motifs is 2. The number of amides is 1. The SMILES string of the molecule is Cc1ccn2c(F)c(C(=O)N3C[C@@H]4CN(C)[C@@H](c5ccccc5)[C@@H]4C3)nc2c1.Cl. The van der Waals surface area contributed by atoms with Crippen LogP contribution < -0.4 is 0 Å². The fourth-order valence-electron chi connectivity index (χ4n) is 4.98. The van der Waals surface area contributed by atoms with E-state index in [9.17, 15) is 9.18 Å². The van der Waals surface area contributed by atoms with Crippen LogP contribution in [0, 0.1) is 24.7 Å². The average Bonchev–Trinajstić information content (AvgIpc) is 3.32. The van der Waals surface area contributed by atoms with Crippen LogP contribution in [-0.4, -0.2) is 51.8 Å². The van der Waals surface area contributed by atoms with Crippen molar-refractivity contribution >= 4 is 24.0 Å². The van der Waals surface area contributed by atoms with Crippen LogP contribution in [0.1, 0.15) is 27.7 Å². The normalized spacial score (nSPS) is 24.0. The summed E-state index contributed by atoms with van der Waals surface area (Å²) in [5.41, 5.74) is 2.67. The number of pyridine rings is 1. The third kappa shape index (κ3) is 3.20. The second kappa shape index (κ2) is 7.43. The monoisotopic (exact) mass is 414 g/mol. The van der Waals surface area contributed by atoms with Crippen LogP contribution in [0.5, 0.6) is 0 Å². The molecule has 0 aliphatic carbocycles. The van der Waals surface area contributed by atoms with E-state index in [1.54, 1.807) is 17.2 Å². The van der Waals surface area contributed by atoms with Gasteiger partial charge in [-0.1, -0.05) is 30.3 Å². The zero-order valence-corrected chi connectivity index (χ0v) is 17.3. The van der Waals surface area contributed by atoms with Crippen molar-refractivity contribution in [1.82, 2.24) is 19.2 Å². The fourth-order valence-corrected chi connectivity index (χ4v) is 4.98. The third-order valence-electron chi connectivity index (χ3n) is 6.25. The molecule has 2 fully saturated rings. The van der Waals surface area contributed by atoms with Crippen LogP contribution in [0.4, 0.5) is 4.39 Å². The minimum Gasteiger partial charge on any atom is -0.336 e. The molecule has 29 heavy (non-hydrogen) atoms. The molecule has 3 aromatic rings. The predicted molar refractivity (Wildman–Crippen MR) is 112 cm³/mol. The molecule has 2 aliphatic rings. The molecule has 0 spiro atoms. The van der Waals surface area contributed by atoms with Gasteiger partial charge in [0, 0.05) is 37.8 Å². The lowest BCUT2D eigenvalue weighted by molar-refractivity contribution is 0.0757. The Morgan fingerprint density at radius 3 is 2.66 bits per heavy atom. The Morgan fingerprint density at radius 2 is 1.90 bits per heavy atom. The second-order valence-corrected chi connectivity index (χ2v) is 8.11. The number of nitrogens with zero attached hydrogens (tertiary/aromatic N) is 4. The standard InChI is InChI=1S/C22H23FN4O.ClH/c1-14-8-9-27-18(10-14)24-19(21(27)23)22(28)26-12-16-11-25(2)20(17(16)13-26)15-6-4-3-5-7-15;/h3-10,16-17,20H,11-13H2,1-2H3;1H/t16-,17+,20-;/m0./s1. The van der Waals surface area contributed by atoms with Gasteiger partial charge in [-0.3, -0.25) is 14.1 Å². The van der Waals surface area contributed by atoms with E-state index in [0.29, 0.717) is 30.6 Å². The highest BCUT2D eigenvalue weighted by Gasteiger charge is 2.47. The maximum Gasteiger partial charge on any atom is 0.277 e. The molecule has 5 nitrogen and oxygen atoms in total. The fraction of sp³-hybridized carbons (Fsp3) is 0.364. The highest BCUT2D eigenvalue weighted by Crippen LogP contribution is 2.44. The highest BCUT2D eigenvalue weighted by atomic mass is 35.5. The van der Waals surface area contributed by atoms with Gasteiger partial charge < -0.3 is 4.90 Å². The summed E-state index contributed by atoms with van der Waals surface area (Å²) in [6.07, 6.45) is 1.63. The molecule has 0 N–H and O–H groups in total. The first-order valence-corrected chi connectivity index (χ1v) is 9.71. The predicted octanol–water partition coefficient (Wildman–Crippen LogP) is 3.58. The van der Waals surface area contributed by atoms with Gasteiger partial charge in [0.15, 0.2) is 5.69 Å². The summed E-state index contributed by atoms with van der Waals surface area (Å²) >= 11 is 0. The molecule has 2 aromatic heterocycles. The highest BCUT2D eigenvalue weighted by molar-refractivity contribution is 5.93. The van der Waals surface area contributed by atoms with E-state index >= 15 is 0 Å². The Labute approximate surface area is 175 Å². The summed E-state index contributed by atoms with van der Waals surface area (Å²) in [5, 5.41) is 0. The smallest absolute Gasteiger partial charge is 0.277 e. The first-order valence-electron chi connectivity index (χ1n) is 9.71. The molecule has 2 saturated heterocycles. The quantitative estimate of drug-likeness (QED) is 0.643. The molecule has 1 amide bonds. The summed E-state index contributed by atoms with van der Waals surface area (Å²) in [5.74, 6) is -0.114. The third-order valence-corrected chi connectivity index (χ3v) is 6.25. The minimum absolute atomic E-state index is 0. The second-order valence-electron chi connectivity index (χ2n) is 8.11. The molecule has 5 rings (SSSR count). The maximum absolute atomic E-state index is 14.8. The molecule has 2 aliphatic heterocycles. The van der Waals surface area contributed by atoms with E-state index < -0.39 is 5.95 Å². The van der Waals surface area contributed by atoms with Crippen LogP contribution in [0.2, 0.25) is 0 Å². The van der Waals surface area contributed by atoms with Crippen molar-refractivity contribution < 1.29 is 9.18 Å². The van der Waals surface area contributed by atoms with Gasteiger partial charge in [-0.05, 0) is 43.1 Å². The van der Waals surface area contributed by atoms with Crippen LogP contribution in [0.3, 0.4) is 0 Å². The van der Waals surface area contributed by atoms with E-state index in [2.05, 4.69) is 41.2 Å². The number of aromatic nitrogens is 2. The summed E-state index contributed by atoms with van der Waals surface area (Å²) in [4.78, 5) is 21.5. The summed E-state index contributed by atoms with van der Waals surface area (Å²) < 4.78 is 16.1. The average molecular weight is 415 g/mol. The Morgan fingerprint density at radius 1 is 1.14 bits per heavy atom. The van der Waals surface area contributed by atoms with Crippen molar-refractivity contribution in [3.05, 3.63) is 71.4 Å². The van der Waals surface area contributed by atoms with Gasteiger partial charge in [0.1, 0.15) is 5.65 Å². The Balaban J connectivity index is 0.00000205. The molecular weight excluding hydrogens is 391 g/mol. The van der Waals surface area contributed by atoms with Gasteiger partial charge in [0.2, 0.25) is 5.95 Å². The number of aryl methyl sites for hydroxylation is 1. The van der Waals surface area contributed by atoms with Gasteiger partial charge in [-0.2, -0.15) is 4.39 Å². The van der Waals surface area contributed by atoms with Crippen LogP contribution in [0.25, 0.3) is 5.65 Å². The van der Waals surface area contributed by atoms with Crippen LogP contribution in [0.15, 0.2) is 48.7 Å². The Kier molecular flexibility index (Phi) is 5.09. The largest absolute Gasteiger partial charge is 0.336 e. The van der Waals surface area contributed by atoms with Crippen molar-refractivity contribution in [2.75, 3.05) is 26.7 Å². The molecule has 0 radical (unpaired) electrons. The van der Waals surface area contributed by atoms with Gasteiger partial charge in [-0.25, -0.2) is 4.98 Å². The van der Waals surface area contributed by atoms with E-state index in [1.807, 2.05) is 19.1 Å². The molecular formula is C22H24ClFN4O. The summed E-state index contributed by atoms with van der Waals surface area (Å²) in [6, 6.07) is 14.3. The number of hydrogen-bond donors (Lipinski definition) is 0. The number of hydrogen-bond acceptors (Lipinski definition) is 3. The number of likely N-dealkylation sites (tertiary alicyclic amines) is 2. The van der Waals surface area contributed by atoms with Crippen molar-refractivity contribution in [3.8, 4) is 0 Å². The Bertz CT molecular complexity index is 1050. The zero-order valence-electron chi connectivity index (χ0n) is 16.5. The number of halogens is 2. The minimum atomic E-state index is -0.575. The molecule has 0 saturated carbocycles. The van der Waals surface area contributed by atoms with Crippen molar-refractivity contribution in [3.63, 3.8) is 0 Å². The molecule has 152 valence electrons. The number of carbonyl (C=O) groups is 1. The molecule has 0 bridgehead atoms.